The van der Waals surface area contributed by atoms with E-state index in [9.17, 15) is 0 Å². The summed E-state index contributed by atoms with van der Waals surface area (Å²) in [5.41, 5.74) is 4.41. The van der Waals surface area contributed by atoms with E-state index in [0.717, 1.165) is 34.8 Å². The highest BCUT2D eigenvalue weighted by Gasteiger charge is 2.16. The van der Waals surface area contributed by atoms with Gasteiger partial charge in [-0.15, -0.1) is 0 Å². The zero-order chi connectivity index (χ0) is 21.4. The molecule has 1 saturated carbocycles. The summed E-state index contributed by atoms with van der Waals surface area (Å²) in [6, 6.07) is 25.4. The Morgan fingerprint density at radius 2 is 1.19 bits per heavy atom. The van der Waals surface area contributed by atoms with Crippen LogP contribution in [-0.2, 0) is 0 Å². The number of hydrogen-bond acceptors (Lipinski definition) is 2. The van der Waals surface area contributed by atoms with Gasteiger partial charge in [0, 0.05) is 16.6 Å². The molecule has 3 heteroatoms. The van der Waals surface area contributed by atoms with Gasteiger partial charge in [0.2, 0.25) is 8.01 Å². The number of hydrogen-bond donors (Lipinski definition) is 0. The average Bonchev–Trinajstić information content (AvgIpc) is 2.96. The van der Waals surface area contributed by atoms with Crippen molar-refractivity contribution in [3.8, 4) is 0 Å². The second-order valence-corrected chi connectivity index (χ2v) is 8.87. The number of allylic oxidation sites excluding steroid dienone is 2. The lowest BCUT2D eigenvalue weighted by Crippen LogP contribution is -1.98. The van der Waals surface area contributed by atoms with Crippen LogP contribution in [0, 0.1) is 0 Å². The lowest BCUT2D eigenvalue weighted by molar-refractivity contribution is 0.653. The first kappa shape index (κ1) is 19.7. The van der Waals surface area contributed by atoms with Gasteiger partial charge >= 0.3 is 0 Å². The molecule has 4 aromatic carbocycles. The lowest BCUT2D eigenvalue weighted by Gasteiger charge is -2.18. The average molecular weight is 424 g/mol. The highest BCUT2D eigenvalue weighted by atomic mass is 31.1. The molecule has 0 bridgehead atoms. The van der Waals surface area contributed by atoms with E-state index in [4.69, 9.17) is 8.39 Å². The summed E-state index contributed by atoms with van der Waals surface area (Å²) in [5, 5.41) is 7.02. The van der Waals surface area contributed by atoms with Crippen molar-refractivity contribution in [3.05, 3.63) is 90.5 Å². The third kappa shape index (κ3) is 3.48. The van der Waals surface area contributed by atoms with Crippen molar-refractivity contribution in [2.75, 3.05) is 0 Å². The number of rotatable bonds is 1. The van der Waals surface area contributed by atoms with Crippen LogP contribution < -0.4 is 0 Å². The molecule has 0 spiro atoms. The van der Waals surface area contributed by atoms with Crippen LogP contribution >= 0.6 is 8.01 Å². The largest absolute Gasteiger partial charge is 0.416 e. The van der Waals surface area contributed by atoms with Crippen molar-refractivity contribution >= 4 is 57.3 Å². The molecule has 154 valence electrons. The van der Waals surface area contributed by atoms with Crippen molar-refractivity contribution in [1.82, 2.24) is 0 Å². The van der Waals surface area contributed by atoms with Crippen molar-refractivity contribution in [2.24, 2.45) is 0 Å². The minimum Gasteiger partial charge on any atom is -0.416 e. The Morgan fingerprint density at radius 1 is 0.710 bits per heavy atom. The van der Waals surface area contributed by atoms with E-state index in [1.807, 2.05) is 13.8 Å². The first-order valence-corrected chi connectivity index (χ1v) is 12.1. The molecule has 2 nitrogen and oxygen atoms in total. The van der Waals surface area contributed by atoms with Gasteiger partial charge in [-0.2, -0.15) is 0 Å². The van der Waals surface area contributed by atoms with Crippen molar-refractivity contribution in [3.63, 3.8) is 0 Å². The minimum absolute atomic E-state index is 0.889. The zero-order valence-corrected chi connectivity index (χ0v) is 18.8. The number of benzene rings is 4. The normalized spacial score (nSPS) is 13.2. The topological polar surface area (TPSA) is 26.3 Å². The maximum Gasteiger partial charge on any atom is 0.244 e. The van der Waals surface area contributed by atoms with Crippen LogP contribution in [0.5, 0.6) is 0 Å². The molecule has 1 aliphatic carbocycles. The van der Waals surface area contributed by atoms with E-state index in [1.54, 1.807) is 0 Å². The van der Waals surface area contributed by atoms with Gasteiger partial charge in [0.25, 0.3) is 0 Å². The maximum absolute atomic E-state index is 6.47. The van der Waals surface area contributed by atoms with E-state index < -0.39 is 8.01 Å². The molecule has 0 N–H and O–H groups in total. The molecule has 1 heterocycles. The number of fused-ring (bicyclic) bond motifs is 7. The predicted molar refractivity (Wildman–Crippen MR) is 135 cm³/mol. The molecular formula is C28H25O2P. The first-order chi connectivity index (χ1) is 15.3. The SMILES string of the molecule is C=C1CC(=Cp2oc3ccc4ccccc4c3c3c(ccc4ccccc43)o2)C1.CC. The van der Waals surface area contributed by atoms with E-state index >= 15 is 0 Å². The van der Waals surface area contributed by atoms with Gasteiger partial charge in [0.15, 0.2) is 0 Å². The summed E-state index contributed by atoms with van der Waals surface area (Å²) in [6.45, 7) is 8.05. The molecule has 1 aliphatic rings. The summed E-state index contributed by atoms with van der Waals surface area (Å²) in [7, 11) is -1.20. The van der Waals surface area contributed by atoms with Gasteiger partial charge in [-0.05, 0) is 46.5 Å². The minimum atomic E-state index is -1.20. The van der Waals surface area contributed by atoms with E-state index in [1.165, 1.54) is 32.7 Å². The molecule has 0 unspecified atom stereocenters. The Bertz CT molecular complexity index is 1410. The van der Waals surface area contributed by atoms with E-state index in [2.05, 4.69) is 85.2 Å². The van der Waals surface area contributed by atoms with Gasteiger partial charge in [-0.25, -0.2) is 0 Å². The molecule has 0 aliphatic heterocycles. The summed E-state index contributed by atoms with van der Waals surface area (Å²) in [5.74, 6) is 2.17. The van der Waals surface area contributed by atoms with Gasteiger partial charge in [-0.1, -0.05) is 92.2 Å². The van der Waals surface area contributed by atoms with Gasteiger partial charge < -0.3 is 8.39 Å². The van der Waals surface area contributed by atoms with Crippen LogP contribution in [0.2, 0.25) is 0 Å². The van der Waals surface area contributed by atoms with Crippen molar-refractivity contribution < 1.29 is 8.39 Å². The van der Waals surface area contributed by atoms with Crippen molar-refractivity contribution in [2.45, 2.75) is 26.7 Å². The first-order valence-electron chi connectivity index (χ1n) is 10.8. The molecule has 0 saturated heterocycles. The molecule has 6 rings (SSSR count). The standard InChI is InChI=1S/C26H19O2P.C2H6/c1-17-14-18(15-17)16-29-27-23-12-10-19-6-2-4-8-21(19)25(23)26-22-9-5-3-7-20(22)11-13-24(26)28-29;1-2/h2-13,16H,1,14-15H2;1-2H3. The highest BCUT2D eigenvalue weighted by molar-refractivity contribution is 7.47. The van der Waals surface area contributed by atoms with E-state index in [0.29, 0.717) is 0 Å². The maximum atomic E-state index is 6.47. The van der Waals surface area contributed by atoms with Crippen LogP contribution in [0.15, 0.2) is 98.9 Å². The Labute approximate surface area is 183 Å². The summed E-state index contributed by atoms with van der Waals surface area (Å²) >= 11 is 0. The molecule has 0 atom stereocenters. The monoisotopic (exact) mass is 424 g/mol. The fourth-order valence-corrected chi connectivity index (χ4v) is 5.58. The second kappa shape index (κ2) is 8.13. The predicted octanol–water partition coefficient (Wildman–Crippen LogP) is 9.81. The third-order valence-electron chi connectivity index (χ3n) is 5.65. The zero-order valence-electron chi connectivity index (χ0n) is 17.9. The van der Waals surface area contributed by atoms with Crippen LogP contribution in [0.3, 0.4) is 0 Å². The smallest absolute Gasteiger partial charge is 0.244 e. The molecule has 1 aromatic heterocycles. The Hall–Kier alpha value is -3.22. The molecule has 31 heavy (non-hydrogen) atoms. The molecule has 0 radical (unpaired) electrons. The molecule has 1 fully saturated rings. The van der Waals surface area contributed by atoms with Crippen LogP contribution in [0.4, 0.5) is 0 Å². The highest BCUT2D eigenvalue weighted by Crippen LogP contribution is 2.44. The van der Waals surface area contributed by atoms with Crippen LogP contribution in [0.25, 0.3) is 49.3 Å². The quantitative estimate of drug-likeness (QED) is 0.250. The van der Waals surface area contributed by atoms with E-state index in [-0.39, 0.29) is 0 Å². The Balaban J connectivity index is 0.000000994. The fraction of sp³-hybridized carbons (Fsp3) is 0.143. The Kier molecular flexibility index (Phi) is 5.18. The third-order valence-corrected chi connectivity index (χ3v) is 6.98. The van der Waals surface area contributed by atoms with Gasteiger partial charge in [-0.3, -0.25) is 0 Å². The summed E-state index contributed by atoms with van der Waals surface area (Å²) < 4.78 is 12.9. The van der Waals surface area contributed by atoms with Gasteiger partial charge in [0.1, 0.15) is 11.2 Å². The van der Waals surface area contributed by atoms with Crippen molar-refractivity contribution in [1.29, 1.82) is 0 Å². The molecule has 0 amide bonds. The second-order valence-electron chi connectivity index (χ2n) is 7.68. The van der Waals surface area contributed by atoms with Gasteiger partial charge in [0.05, 0.1) is 0 Å². The molecule has 5 aromatic rings. The lowest BCUT2D eigenvalue weighted by atomic mass is 9.89. The van der Waals surface area contributed by atoms with Crippen LogP contribution in [-0.4, -0.2) is 0 Å². The Morgan fingerprint density at radius 3 is 1.68 bits per heavy atom. The summed E-state index contributed by atoms with van der Waals surface area (Å²) in [4.78, 5) is 0. The fourth-order valence-electron chi connectivity index (χ4n) is 4.27. The molecular weight excluding hydrogens is 399 g/mol. The van der Waals surface area contributed by atoms with Crippen LogP contribution in [0.1, 0.15) is 26.7 Å². The summed E-state index contributed by atoms with van der Waals surface area (Å²) in [6.07, 6.45) is 1.92.